The molecule has 9 heteroatoms. The first-order valence-corrected chi connectivity index (χ1v) is 11.7. The van der Waals surface area contributed by atoms with Gasteiger partial charge in [0.1, 0.15) is 5.76 Å². The van der Waals surface area contributed by atoms with Crippen LogP contribution in [0.4, 0.5) is 0 Å². The second-order valence-electron chi connectivity index (χ2n) is 7.41. The molecular formula is C19H33IN4O3S. The second kappa shape index (κ2) is 11.4. The fourth-order valence-electron chi connectivity index (χ4n) is 3.89. The molecule has 1 atom stereocenters. The largest absolute Gasteiger partial charge is 0.469 e. The maximum Gasteiger partial charge on any atom is 0.216 e. The lowest BCUT2D eigenvalue weighted by atomic mass is 9.96. The summed E-state index contributed by atoms with van der Waals surface area (Å²) in [5.74, 6) is 1.77. The summed E-state index contributed by atoms with van der Waals surface area (Å²) >= 11 is 0. The predicted octanol–water partition coefficient (Wildman–Crippen LogP) is 2.73. The van der Waals surface area contributed by atoms with Crippen molar-refractivity contribution in [3.8, 4) is 0 Å². The van der Waals surface area contributed by atoms with Crippen molar-refractivity contribution in [1.29, 1.82) is 0 Å². The van der Waals surface area contributed by atoms with Crippen LogP contribution >= 0.6 is 24.0 Å². The minimum atomic E-state index is -3.25. The minimum Gasteiger partial charge on any atom is -0.469 e. The average molecular weight is 524 g/mol. The van der Waals surface area contributed by atoms with E-state index in [1.54, 1.807) is 6.26 Å². The van der Waals surface area contributed by atoms with Crippen molar-refractivity contribution in [3.05, 3.63) is 24.2 Å². The molecule has 0 aromatic carbocycles. The lowest BCUT2D eigenvalue weighted by Crippen LogP contribution is -2.47. The molecule has 2 N–H and O–H groups in total. The summed E-state index contributed by atoms with van der Waals surface area (Å²) in [6, 6.07) is 4.28. The van der Waals surface area contributed by atoms with Crippen LogP contribution in [0.15, 0.2) is 27.8 Å². The van der Waals surface area contributed by atoms with E-state index in [1.807, 2.05) is 19.1 Å². The lowest BCUT2D eigenvalue weighted by Gasteiger charge is -2.29. The van der Waals surface area contributed by atoms with Gasteiger partial charge < -0.3 is 14.6 Å². The molecular weight excluding hydrogens is 491 g/mol. The zero-order valence-corrected chi connectivity index (χ0v) is 19.7. The van der Waals surface area contributed by atoms with Gasteiger partial charge in [-0.2, -0.15) is 0 Å². The summed E-state index contributed by atoms with van der Waals surface area (Å²) < 4.78 is 32.7. The summed E-state index contributed by atoms with van der Waals surface area (Å²) in [5, 5.41) is 3.24. The first-order chi connectivity index (χ1) is 13.1. The van der Waals surface area contributed by atoms with Gasteiger partial charge in [-0.15, -0.1) is 24.0 Å². The van der Waals surface area contributed by atoms with Crippen LogP contribution in [-0.4, -0.2) is 56.7 Å². The molecule has 0 amide bonds. The van der Waals surface area contributed by atoms with Gasteiger partial charge in [-0.1, -0.05) is 26.2 Å². The van der Waals surface area contributed by atoms with E-state index in [9.17, 15) is 8.42 Å². The van der Waals surface area contributed by atoms with Crippen molar-refractivity contribution in [2.75, 3.05) is 26.2 Å². The first kappa shape index (κ1) is 23.5. The number of likely N-dealkylation sites (tertiary alicyclic amines) is 1. The van der Waals surface area contributed by atoms with Gasteiger partial charge in [0.25, 0.3) is 0 Å². The van der Waals surface area contributed by atoms with E-state index in [2.05, 4.69) is 14.9 Å². The predicted molar refractivity (Wildman–Crippen MR) is 123 cm³/mol. The number of hydrogen-bond donors (Lipinski definition) is 2. The monoisotopic (exact) mass is 524 g/mol. The van der Waals surface area contributed by atoms with Gasteiger partial charge in [-0.05, 0) is 31.4 Å². The second-order valence-corrected chi connectivity index (χ2v) is 9.46. The van der Waals surface area contributed by atoms with Crippen LogP contribution < -0.4 is 10.0 Å². The quantitative estimate of drug-likeness (QED) is 0.326. The highest BCUT2D eigenvalue weighted by Gasteiger charge is 2.34. The molecule has 1 saturated carbocycles. The van der Waals surface area contributed by atoms with Crippen LogP contribution in [0.5, 0.6) is 0 Å². The summed E-state index contributed by atoms with van der Waals surface area (Å²) in [7, 11) is -3.25. The maximum atomic E-state index is 12.3. The summed E-state index contributed by atoms with van der Waals surface area (Å²) in [4.78, 5) is 6.90. The number of rotatable bonds is 7. The molecule has 2 heterocycles. The third kappa shape index (κ3) is 6.62. The average Bonchev–Trinajstić information content (AvgIpc) is 3.34. The molecule has 1 saturated heterocycles. The van der Waals surface area contributed by atoms with Crippen LogP contribution in [0, 0.1) is 0 Å². The Morgan fingerprint density at radius 2 is 2.07 bits per heavy atom. The van der Waals surface area contributed by atoms with Gasteiger partial charge in [0, 0.05) is 38.6 Å². The third-order valence-electron chi connectivity index (χ3n) is 5.37. The van der Waals surface area contributed by atoms with E-state index in [-0.39, 0.29) is 29.2 Å². The summed E-state index contributed by atoms with van der Waals surface area (Å²) in [6.45, 7) is 4.09. The lowest BCUT2D eigenvalue weighted by molar-refractivity contribution is 0.389. The van der Waals surface area contributed by atoms with Gasteiger partial charge in [0.15, 0.2) is 5.96 Å². The van der Waals surface area contributed by atoms with E-state index in [0.717, 1.165) is 31.0 Å². The van der Waals surface area contributed by atoms with E-state index in [1.165, 1.54) is 19.3 Å². The van der Waals surface area contributed by atoms with Crippen molar-refractivity contribution < 1.29 is 12.8 Å². The smallest absolute Gasteiger partial charge is 0.216 e. The first-order valence-electron chi connectivity index (χ1n) is 10.2. The van der Waals surface area contributed by atoms with Crippen LogP contribution in [0.3, 0.4) is 0 Å². The van der Waals surface area contributed by atoms with E-state index in [0.29, 0.717) is 38.6 Å². The molecule has 0 bridgehead atoms. The van der Waals surface area contributed by atoms with Gasteiger partial charge in [0.2, 0.25) is 10.0 Å². The number of aliphatic imine (C=N–C) groups is 1. The fourth-order valence-corrected chi connectivity index (χ4v) is 5.32. The molecule has 1 unspecified atom stereocenters. The standard InChI is InChI=1S/C19H32N4O3S.HI/c1-2-21-27(24,25)18-11-13-23(15-18)19(22-16-7-4-3-5-8-16)20-12-10-17-9-6-14-26-17;/h6,9,14,16,18,21H,2-5,7-8,10-13,15H2,1H3,(H,20,22);1H. The van der Waals surface area contributed by atoms with Crippen molar-refractivity contribution in [3.63, 3.8) is 0 Å². The Labute approximate surface area is 185 Å². The zero-order chi connectivity index (χ0) is 19.1. The van der Waals surface area contributed by atoms with E-state index >= 15 is 0 Å². The molecule has 2 aliphatic rings. The molecule has 1 aliphatic carbocycles. The number of halogens is 1. The highest BCUT2D eigenvalue weighted by Crippen LogP contribution is 2.20. The maximum absolute atomic E-state index is 12.3. The number of guanidine groups is 1. The number of furan rings is 1. The van der Waals surface area contributed by atoms with Crippen molar-refractivity contribution in [1.82, 2.24) is 14.9 Å². The topological polar surface area (TPSA) is 86.9 Å². The Kier molecular flexibility index (Phi) is 9.55. The molecule has 3 rings (SSSR count). The van der Waals surface area contributed by atoms with Crippen LogP contribution in [0.25, 0.3) is 0 Å². The molecule has 1 aromatic rings. The van der Waals surface area contributed by atoms with Gasteiger partial charge in [-0.25, -0.2) is 13.1 Å². The fraction of sp³-hybridized carbons (Fsp3) is 0.737. The van der Waals surface area contributed by atoms with Gasteiger partial charge in [-0.3, -0.25) is 4.99 Å². The SMILES string of the molecule is CCNS(=O)(=O)C1CCN(C(=NCCc2ccco2)NC2CCCCC2)C1.I. The number of sulfonamides is 1. The molecule has 1 aliphatic heterocycles. The molecule has 0 radical (unpaired) electrons. The molecule has 1 aromatic heterocycles. The van der Waals surface area contributed by atoms with E-state index < -0.39 is 10.0 Å². The Balaban J connectivity index is 0.00000280. The number of nitrogens with zero attached hydrogens (tertiary/aromatic N) is 2. The normalized spacial score (nSPS) is 21.5. The van der Waals surface area contributed by atoms with E-state index in [4.69, 9.17) is 9.41 Å². The summed E-state index contributed by atoms with van der Waals surface area (Å²) in [6.07, 6.45) is 9.17. The molecule has 0 spiro atoms. The molecule has 28 heavy (non-hydrogen) atoms. The number of hydrogen-bond acceptors (Lipinski definition) is 4. The summed E-state index contributed by atoms with van der Waals surface area (Å²) in [5.41, 5.74) is 0. The Morgan fingerprint density at radius 3 is 2.75 bits per heavy atom. The van der Waals surface area contributed by atoms with Gasteiger partial charge >= 0.3 is 0 Å². The highest BCUT2D eigenvalue weighted by molar-refractivity contribution is 14.0. The van der Waals surface area contributed by atoms with Crippen LogP contribution in [0.2, 0.25) is 0 Å². The Bertz CT molecular complexity index is 703. The zero-order valence-electron chi connectivity index (χ0n) is 16.6. The number of nitrogens with one attached hydrogen (secondary N) is 2. The van der Waals surface area contributed by atoms with Crippen LogP contribution in [-0.2, 0) is 16.4 Å². The van der Waals surface area contributed by atoms with Gasteiger partial charge in [0.05, 0.1) is 11.5 Å². The molecule has 2 fully saturated rings. The van der Waals surface area contributed by atoms with Crippen molar-refractivity contribution >= 4 is 40.0 Å². The Morgan fingerprint density at radius 1 is 1.29 bits per heavy atom. The molecule has 7 nitrogen and oxygen atoms in total. The highest BCUT2D eigenvalue weighted by atomic mass is 127. The van der Waals surface area contributed by atoms with Crippen molar-refractivity contribution in [2.45, 2.75) is 63.2 Å². The Hall–Kier alpha value is -0.810. The van der Waals surface area contributed by atoms with Crippen LogP contribution in [0.1, 0.15) is 51.2 Å². The third-order valence-corrected chi connectivity index (χ3v) is 7.32. The van der Waals surface area contributed by atoms with Crippen molar-refractivity contribution in [2.24, 2.45) is 4.99 Å². The minimum absolute atomic E-state index is 0. The molecule has 160 valence electrons.